The SMILES string of the molecule is C=CCN(C(=O)C1N(CCCCO)C(=O)[C@@H]2[C@@H](C(=O)OCC)[C@@H]3OC12CC3Br)c1c(C)cccc1C. The van der Waals surface area contributed by atoms with E-state index in [2.05, 4.69) is 22.5 Å². The number of anilines is 1. The number of hydrogen-bond acceptors (Lipinski definition) is 6. The van der Waals surface area contributed by atoms with Gasteiger partial charge in [-0.15, -0.1) is 6.58 Å². The lowest BCUT2D eigenvalue weighted by Crippen LogP contribution is -2.57. The number of aryl methyl sites for hydroxylation is 2. The van der Waals surface area contributed by atoms with Crippen molar-refractivity contribution in [1.29, 1.82) is 0 Å². The summed E-state index contributed by atoms with van der Waals surface area (Å²) in [6, 6.07) is 4.95. The maximum absolute atomic E-state index is 14.5. The molecule has 2 amide bonds. The zero-order valence-corrected chi connectivity index (χ0v) is 22.7. The average Bonchev–Trinajstić information content (AvgIpc) is 3.42. The maximum Gasteiger partial charge on any atom is 0.312 e. The van der Waals surface area contributed by atoms with Gasteiger partial charge in [-0.2, -0.15) is 0 Å². The number of unbranched alkanes of at least 4 members (excludes halogenated alkanes) is 1. The van der Waals surface area contributed by atoms with Gasteiger partial charge in [0.15, 0.2) is 0 Å². The molecule has 1 aromatic rings. The number of halogens is 1. The lowest BCUT2D eigenvalue weighted by molar-refractivity contribution is -0.154. The molecule has 1 spiro atoms. The van der Waals surface area contributed by atoms with Gasteiger partial charge < -0.3 is 24.4 Å². The predicted octanol–water partition coefficient (Wildman–Crippen LogP) is 2.91. The second-order valence-corrected chi connectivity index (χ2v) is 11.0. The van der Waals surface area contributed by atoms with E-state index in [4.69, 9.17) is 9.47 Å². The van der Waals surface area contributed by atoms with E-state index in [1.807, 2.05) is 32.0 Å². The standard InChI is InChI=1S/C27H35BrN2O6/c1-5-12-29(21-16(3)10-9-11-17(21)4)25(33)23-27-15-18(28)22(36-27)19(26(34)35-6-2)20(27)24(32)30(23)13-7-8-14-31/h5,9-11,18-20,22-23,31H,1,6-8,12-15H2,2-4H3/t18?,19-,20+,22-,23?,27?/m1/s1. The Hall–Kier alpha value is -2.23. The molecule has 3 heterocycles. The Morgan fingerprint density at radius 1 is 1.33 bits per heavy atom. The van der Waals surface area contributed by atoms with Crippen LogP contribution in [-0.2, 0) is 23.9 Å². The lowest BCUT2D eigenvalue weighted by atomic mass is 9.70. The van der Waals surface area contributed by atoms with Gasteiger partial charge in [-0.05, 0) is 51.2 Å². The van der Waals surface area contributed by atoms with Crippen molar-refractivity contribution in [2.24, 2.45) is 11.8 Å². The zero-order chi connectivity index (χ0) is 26.2. The van der Waals surface area contributed by atoms with Crippen molar-refractivity contribution < 1.29 is 29.0 Å². The number of ether oxygens (including phenoxy) is 2. The number of rotatable bonds is 10. The van der Waals surface area contributed by atoms with Crippen molar-refractivity contribution in [2.45, 2.75) is 62.6 Å². The summed E-state index contributed by atoms with van der Waals surface area (Å²) in [4.78, 5) is 44.5. The molecule has 36 heavy (non-hydrogen) atoms. The summed E-state index contributed by atoms with van der Waals surface area (Å²) >= 11 is 3.67. The summed E-state index contributed by atoms with van der Waals surface area (Å²) in [5.74, 6) is -2.54. The van der Waals surface area contributed by atoms with Crippen molar-refractivity contribution in [3.05, 3.63) is 42.0 Å². The van der Waals surface area contributed by atoms with Crippen LogP contribution in [-0.4, -0.2) is 76.7 Å². The van der Waals surface area contributed by atoms with Gasteiger partial charge in [0.1, 0.15) is 11.6 Å². The van der Waals surface area contributed by atoms with E-state index in [0.717, 1.165) is 16.8 Å². The minimum absolute atomic E-state index is 0.00624. The minimum Gasteiger partial charge on any atom is -0.466 e. The van der Waals surface area contributed by atoms with Crippen LogP contribution in [0.3, 0.4) is 0 Å². The first kappa shape index (κ1) is 26.8. The summed E-state index contributed by atoms with van der Waals surface area (Å²) in [5.41, 5.74) is 1.53. The quantitative estimate of drug-likeness (QED) is 0.204. The molecule has 0 radical (unpaired) electrons. The van der Waals surface area contributed by atoms with E-state index in [1.54, 1.807) is 22.8 Å². The molecule has 0 aliphatic carbocycles. The molecular formula is C27H35BrN2O6. The van der Waals surface area contributed by atoms with Gasteiger partial charge in [-0.3, -0.25) is 14.4 Å². The minimum atomic E-state index is -1.14. The molecule has 3 fully saturated rings. The van der Waals surface area contributed by atoms with E-state index < -0.39 is 35.6 Å². The fraction of sp³-hybridized carbons (Fsp3) is 0.593. The highest BCUT2D eigenvalue weighted by molar-refractivity contribution is 9.09. The number of benzene rings is 1. The number of carbonyl (C=O) groups is 3. The Morgan fingerprint density at radius 3 is 2.64 bits per heavy atom. The highest BCUT2D eigenvalue weighted by Gasteiger charge is 2.77. The van der Waals surface area contributed by atoms with Gasteiger partial charge in [0, 0.05) is 30.2 Å². The first-order valence-corrected chi connectivity index (χ1v) is 13.5. The van der Waals surface area contributed by atoms with Gasteiger partial charge in [0.05, 0.1) is 24.5 Å². The second kappa shape index (κ2) is 10.6. The van der Waals surface area contributed by atoms with E-state index >= 15 is 0 Å². The van der Waals surface area contributed by atoms with E-state index in [0.29, 0.717) is 25.8 Å². The fourth-order valence-electron chi connectivity index (χ4n) is 6.35. The molecule has 2 bridgehead atoms. The first-order valence-electron chi connectivity index (χ1n) is 12.6. The number of likely N-dealkylation sites (tertiary alicyclic amines) is 1. The number of aliphatic hydroxyl groups excluding tert-OH is 1. The van der Waals surface area contributed by atoms with Crippen molar-refractivity contribution in [3.63, 3.8) is 0 Å². The van der Waals surface area contributed by atoms with E-state index in [-0.39, 0.29) is 36.4 Å². The van der Waals surface area contributed by atoms with E-state index in [1.165, 1.54) is 0 Å². The Kier molecular flexibility index (Phi) is 7.92. The molecule has 9 heteroatoms. The number of para-hydroxylation sites is 1. The third-order valence-electron chi connectivity index (χ3n) is 7.68. The van der Waals surface area contributed by atoms with Crippen LogP contribution in [0, 0.1) is 25.7 Å². The monoisotopic (exact) mass is 562 g/mol. The van der Waals surface area contributed by atoms with Crippen molar-refractivity contribution in [2.75, 3.05) is 31.2 Å². The number of fused-ring (bicyclic) bond motifs is 1. The summed E-state index contributed by atoms with van der Waals surface area (Å²) in [7, 11) is 0. The van der Waals surface area contributed by atoms with Gasteiger partial charge in [-0.25, -0.2) is 0 Å². The highest BCUT2D eigenvalue weighted by atomic mass is 79.9. The van der Waals surface area contributed by atoms with Crippen molar-refractivity contribution in [1.82, 2.24) is 4.90 Å². The van der Waals surface area contributed by atoms with E-state index in [9.17, 15) is 19.5 Å². The zero-order valence-electron chi connectivity index (χ0n) is 21.1. The molecular weight excluding hydrogens is 528 g/mol. The van der Waals surface area contributed by atoms with Gasteiger partial charge in [-0.1, -0.05) is 40.2 Å². The highest BCUT2D eigenvalue weighted by Crippen LogP contribution is 2.60. The number of alkyl halides is 1. The molecule has 0 aromatic heterocycles. The molecule has 196 valence electrons. The van der Waals surface area contributed by atoms with Crippen LogP contribution in [0.25, 0.3) is 0 Å². The van der Waals surface area contributed by atoms with Crippen LogP contribution < -0.4 is 4.90 Å². The van der Waals surface area contributed by atoms with Crippen LogP contribution in [0.5, 0.6) is 0 Å². The summed E-state index contributed by atoms with van der Waals surface area (Å²) in [6.45, 7) is 10.3. The molecule has 8 nitrogen and oxygen atoms in total. The number of amides is 2. The number of esters is 1. The first-order chi connectivity index (χ1) is 17.2. The Morgan fingerprint density at radius 2 is 2.03 bits per heavy atom. The lowest BCUT2D eigenvalue weighted by Gasteiger charge is -2.37. The molecule has 4 rings (SSSR count). The van der Waals surface area contributed by atoms with Gasteiger partial charge >= 0.3 is 5.97 Å². The second-order valence-electron chi connectivity index (χ2n) is 9.86. The number of hydrogen-bond donors (Lipinski definition) is 1. The van der Waals surface area contributed by atoms with Crippen LogP contribution in [0.15, 0.2) is 30.9 Å². The molecule has 1 N–H and O–H groups in total. The molecule has 3 unspecified atom stereocenters. The average molecular weight is 563 g/mol. The van der Waals surface area contributed by atoms with Gasteiger partial charge in [0.2, 0.25) is 5.91 Å². The fourth-order valence-corrected chi connectivity index (χ4v) is 7.29. The van der Waals surface area contributed by atoms with Crippen molar-refractivity contribution in [3.8, 4) is 0 Å². The van der Waals surface area contributed by atoms with Crippen LogP contribution in [0.2, 0.25) is 0 Å². The molecule has 3 aliphatic rings. The normalized spacial score (nSPS) is 30.4. The number of carbonyl (C=O) groups excluding carboxylic acids is 3. The van der Waals surface area contributed by atoms with Crippen LogP contribution >= 0.6 is 15.9 Å². The van der Waals surface area contributed by atoms with Crippen LogP contribution in [0.4, 0.5) is 5.69 Å². The Bertz CT molecular complexity index is 1030. The van der Waals surface area contributed by atoms with Crippen molar-refractivity contribution >= 4 is 39.4 Å². The largest absolute Gasteiger partial charge is 0.466 e. The maximum atomic E-state index is 14.5. The topological polar surface area (TPSA) is 96.4 Å². The third kappa shape index (κ3) is 4.19. The van der Waals surface area contributed by atoms with Gasteiger partial charge in [0.25, 0.3) is 5.91 Å². The molecule has 0 saturated carbocycles. The third-order valence-corrected chi connectivity index (χ3v) is 8.52. The number of nitrogens with zero attached hydrogens (tertiary/aromatic N) is 2. The van der Waals surface area contributed by atoms with Crippen LogP contribution in [0.1, 0.15) is 37.3 Å². The molecule has 1 aromatic carbocycles. The molecule has 3 saturated heterocycles. The summed E-state index contributed by atoms with van der Waals surface area (Å²) in [6.07, 6.45) is 2.60. The molecule has 3 aliphatic heterocycles. The smallest absolute Gasteiger partial charge is 0.312 e. The Balaban J connectivity index is 1.81. The Labute approximate surface area is 220 Å². The predicted molar refractivity (Wildman–Crippen MR) is 139 cm³/mol. The molecule has 6 atom stereocenters. The number of aliphatic hydroxyl groups is 1. The summed E-state index contributed by atoms with van der Waals surface area (Å²) < 4.78 is 11.9. The summed E-state index contributed by atoms with van der Waals surface area (Å²) in [5, 5.41) is 9.34.